The highest BCUT2D eigenvalue weighted by atomic mass is 35.5. The van der Waals surface area contributed by atoms with Gasteiger partial charge in [-0.15, -0.1) is 11.8 Å². The van der Waals surface area contributed by atoms with Crippen molar-refractivity contribution in [2.75, 3.05) is 11.1 Å². The zero-order valence-corrected chi connectivity index (χ0v) is 11.8. The van der Waals surface area contributed by atoms with Crippen LogP contribution < -0.4 is 5.32 Å². The quantitative estimate of drug-likeness (QED) is 0.824. The standard InChI is InChI=1S/C15H13ClFNS/c16-10-7-11(17)9-12(8-10)18-14-5-6-19-15-4-2-1-3-13(14)15/h1-4,7-9,14,18H,5-6H2. The zero-order valence-electron chi connectivity index (χ0n) is 10.2. The summed E-state index contributed by atoms with van der Waals surface area (Å²) in [5, 5.41) is 3.80. The van der Waals surface area contributed by atoms with Crippen LogP contribution in [0.5, 0.6) is 0 Å². The van der Waals surface area contributed by atoms with Gasteiger partial charge in [-0.3, -0.25) is 0 Å². The van der Waals surface area contributed by atoms with E-state index in [0.29, 0.717) is 5.02 Å². The van der Waals surface area contributed by atoms with Gasteiger partial charge in [-0.05, 0) is 36.2 Å². The molecule has 2 aromatic rings. The Morgan fingerprint density at radius 3 is 2.89 bits per heavy atom. The predicted octanol–water partition coefficient (Wildman–Crippen LogP) is 5.13. The highest BCUT2D eigenvalue weighted by Gasteiger charge is 2.20. The Hall–Kier alpha value is -1.19. The zero-order chi connectivity index (χ0) is 13.2. The minimum Gasteiger partial charge on any atom is -0.378 e. The Morgan fingerprint density at radius 1 is 1.21 bits per heavy atom. The molecular weight excluding hydrogens is 281 g/mol. The minimum atomic E-state index is -0.312. The van der Waals surface area contributed by atoms with Gasteiger partial charge in [0.2, 0.25) is 0 Å². The van der Waals surface area contributed by atoms with Gasteiger partial charge in [0.25, 0.3) is 0 Å². The number of rotatable bonds is 2. The molecule has 0 saturated heterocycles. The van der Waals surface area contributed by atoms with Crippen LogP contribution in [0.25, 0.3) is 0 Å². The average molecular weight is 294 g/mol. The molecule has 98 valence electrons. The first kappa shape index (κ1) is 12.8. The van der Waals surface area contributed by atoms with Crippen LogP contribution in [-0.4, -0.2) is 5.75 Å². The molecule has 1 N–H and O–H groups in total. The maximum Gasteiger partial charge on any atom is 0.126 e. The van der Waals surface area contributed by atoms with Crippen LogP contribution in [0.15, 0.2) is 47.4 Å². The molecule has 1 aliphatic rings. The molecule has 0 aliphatic carbocycles. The van der Waals surface area contributed by atoms with E-state index in [0.717, 1.165) is 17.9 Å². The van der Waals surface area contributed by atoms with Crippen molar-refractivity contribution >= 4 is 29.1 Å². The summed E-state index contributed by atoms with van der Waals surface area (Å²) in [4.78, 5) is 1.30. The number of thioether (sulfide) groups is 1. The second-order valence-corrected chi connectivity index (χ2v) is 6.10. The lowest BCUT2D eigenvalue weighted by Gasteiger charge is -2.26. The first-order valence-electron chi connectivity index (χ1n) is 6.17. The summed E-state index contributed by atoms with van der Waals surface area (Å²) in [5.74, 6) is 0.756. The van der Waals surface area contributed by atoms with Gasteiger partial charge in [-0.1, -0.05) is 29.8 Å². The Kier molecular flexibility index (Phi) is 3.67. The Morgan fingerprint density at radius 2 is 2.05 bits per heavy atom. The maximum absolute atomic E-state index is 13.3. The highest BCUT2D eigenvalue weighted by molar-refractivity contribution is 7.99. The van der Waals surface area contributed by atoms with Crippen LogP contribution in [0.2, 0.25) is 5.02 Å². The molecule has 0 saturated carbocycles. The van der Waals surface area contributed by atoms with E-state index in [9.17, 15) is 4.39 Å². The van der Waals surface area contributed by atoms with E-state index in [1.165, 1.54) is 22.6 Å². The number of benzene rings is 2. The third-order valence-corrected chi connectivity index (χ3v) is 4.50. The van der Waals surface area contributed by atoms with E-state index < -0.39 is 0 Å². The van der Waals surface area contributed by atoms with Crippen molar-refractivity contribution in [2.45, 2.75) is 17.4 Å². The van der Waals surface area contributed by atoms with Gasteiger partial charge in [-0.25, -0.2) is 4.39 Å². The third-order valence-electron chi connectivity index (χ3n) is 3.16. The predicted molar refractivity (Wildman–Crippen MR) is 79.6 cm³/mol. The van der Waals surface area contributed by atoms with E-state index in [4.69, 9.17) is 11.6 Å². The fourth-order valence-electron chi connectivity index (χ4n) is 2.33. The van der Waals surface area contributed by atoms with Crippen LogP contribution in [0, 0.1) is 5.82 Å². The number of hydrogen-bond acceptors (Lipinski definition) is 2. The van der Waals surface area contributed by atoms with Crippen molar-refractivity contribution in [3.63, 3.8) is 0 Å². The summed E-state index contributed by atoms with van der Waals surface area (Å²) in [6.45, 7) is 0. The molecule has 19 heavy (non-hydrogen) atoms. The van der Waals surface area contributed by atoms with Gasteiger partial charge in [0.1, 0.15) is 5.82 Å². The molecule has 0 fully saturated rings. The molecule has 1 nitrogen and oxygen atoms in total. The smallest absolute Gasteiger partial charge is 0.126 e. The molecule has 0 bridgehead atoms. The molecule has 1 heterocycles. The number of anilines is 1. The molecule has 4 heteroatoms. The van der Waals surface area contributed by atoms with Gasteiger partial charge >= 0.3 is 0 Å². The molecule has 0 radical (unpaired) electrons. The van der Waals surface area contributed by atoms with Gasteiger partial charge in [0.15, 0.2) is 0 Å². The molecule has 1 aliphatic heterocycles. The minimum absolute atomic E-state index is 0.218. The van der Waals surface area contributed by atoms with E-state index in [1.807, 2.05) is 23.9 Å². The largest absolute Gasteiger partial charge is 0.378 e. The normalized spacial score (nSPS) is 17.9. The summed E-state index contributed by atoms with van der Waals surface area (Å²) in [5.41, 5.74) is 2.01. The van der Waals surface area contributed by atoms with Gasteiger partial charge in [0.05, 0.1) is 6.04 Å². The van der Waals surface area contributed by atoms with Gasteiger partial charge < -0.3 is 5.32 Å². The lowest BCUT2D eigenvalue weighted by atomic mass is 10.0. The van der Waals surface area contributed by atoms with Crippen molar-refractivity contribution in [1.29, 1.82) is 0 Å². The summed E-state index contributed by atoms with van der Waals surface area (Å²) in [7, 11) is 0. The molecule has 1 unspecified atom stereocenters. The molecular formula is C15H13ClFNS. The van der Waals surface area contributed by atoms with E-state index in [-0.39, 0.29) is 11.9 Å². The highest BCUT2D eigenvalue weighted by Crippen LogP contribution is 2.37. The average Bonchev–Trinajstić information content (AvgIpc) is 2.38. The van der Waals surface area contributed by atoms with Gasteiger partial charge in [-0.2, -0.15) is 0 Å². The summed E-state index contributed by atoms with van der Waals surface area (Å²) < 4.78 is 13.3. The Balaban J connectivity index is 1.88. The Bertz CT molecular complexity index is 582. The first-order valence-corrected chi connectivity index (χ1v) is 7.53. The number of hydrogen-bond donors (Lipinski definition) is 1. The van der Waals surface area contributed by atoms with Crippen molar-refractivity contribution in [1.82, 2.24) is 0 Å². The fraction of sp³-hybridized carbons (Fsp3) is 0.200. The number of fused-ring (bicyclic) bond motifs is 1. The van der Waals surface area contributed by atoms with E-state index >= 15 is 0 Å². The fourth-order valence-corrected chi connectivity index (χ4v) is 3.68. The SMILES string of the molecule is Fc1cc(Cl)cc(NC2CCSc3ccccc32)c1. The van der Waals surface area contributed by atoms with Crippen molar-refractivity contribution in [2.24, 2.45) is 0 Å². The molecule has 3 rings (SSSR count). The molecule has 0 spiro atoms. The van der Waals surface area contributed by atoms with Crippen LogP contribution >= 0.6 is 23.4 Å². The van der Waals surface area contributed by atoms with Crippen LogP contribution in [-0.2, 0) is 0 Å². The monoisotopic (exact) mass is 293 g/mol. The molecule has 0 amide bonds. The Labute approximate surface area is 121 Å². The second kappa shape index (κ2) is 5.43. The lowest BCUT2D eigenvalue weighted by molar-refractivity contribution is 0.627. The van der Waals surface area contributed by atoms with Crippen molar-refractivity contribution in [3.8, 4) is 0 Å². The number of nitrogens with one attached hydrogen (secondary N) is 1. The topological polar surface area (TPSA) is 12.0 Å². The van der Waals surface area contributed by atoms with Crippen molar-refractivity contribution < 1.29 is 4.39 Å². The van der Waals surface area contributed by atoms with Gasteiger partial charge in [0, 0.05) is 21.4 Å². The molecule has 1 atom stereocenters. The molecule has 2 aromatic carbocycles. The third kappa shape index (κ3) is 2.88. The number of halogens is 2. The molecule has 0 aromatic heterocycles. The van der Waals surface area contributed by atoms with Crippen LogP contribution in [0.3, 0.4) is 0 Å². The summed E-state index contributed by atoms with van der Waals surface area (Å²) in [6.07, 6.45) is 1.02. The first-order chi connectivity index (χ1) is 9.22. The summed E-state index contributed by atoms with van der Waals surface area (Å²) in [6, 6.07) is 13.1. The van der Waals surface area contributed by atoms with E-state index in [1.54, 1.807) is 6.07 Å². The van der Waals surface area contributed by atoms with Crippen LogP contribution in [0.1, 0.15) is 18.0 Å². The van der Waals surface area contributed by atoms with Crippen LogP contribution in [0.4, 0.5) is 10.1 Å². The lowest BCUT2D eigenvalue weighted by Crippen LogP contribution is -2.16. The maximum atomic E-state index is 13.3. The summed E-state index contributed by atoms with van der Waals surface area (Å²) >= 11 is 7.75. The van der Waals surface area contributed by atoms with E-state index in [2.05, 4.69) is 17.4 Å². The van der Waals surface area contributed by atoms with Crippen molar-refractivity contribution in [3.05, 3.63) is 58.9 Å². The second-order valence-electron chi connectivity index (χ2n) is 4.53.